The molecule has 0 saturated carbocycles. The Labute approximate surface area is 85.6 Å². The second kappa shape index (κ2) is 5.78. The highest BCUT2D eigenvalue weighted by atomic mass is 17.2. The number of hydrogen-bond donors (Lipinski definition) is 0. The molecule has 0 N–H and O–H groups in total. The van der Waals surface area contributed by atoms with Crippen molar-refractivity contribution in [3.63, 3.8) is 0 Å². The molecular weight excluding hydrogens is 182 g/mol. The Morgan fingerprint density at radius 2 is 1.93 bits per heavy atom. The van der Waals surface area contributed by atoms with Gasteiger partial charge in [0.05, 0.1) is 34.3 Å². The van der Waals surface area contributed by atoms with Crippen molar-refractivity contribution in [3.05, 3.63) is 12.2 Å². The highest BCUT2D eigenvalue weighted by Gasteiger charge is 2.07. The van der Waals surface area contributed by atoms with E-state index in [0.29, 0.717) is 12.2 Å². The van der Waals surface area contributed by atoms with Crippen molar-refractivity contribution in [1.29, 1.82) is 0 Å². The van der Waals surface area contributed by atoms with E-state index < -0.39 is 5.97 Å². The standard InChI is InChI=1S/C10H20NO3/c1-9(2)10(12)14-13-8-6-7-11(3,4)5/h1,6-8H2,2-5H3/q+1. The van der Waals surface area contributed by atoms with Crippen LogP contribution in [-0.2, 0) is 14.6 Å². The SMILES string of the molecule is C=C(C)C(=O)OOCCC[N+](C)(C)C. The third-order valence-corrected chi connectivity index (χ3v) is 1.54. The number of hydrogen-bond acceptors (Lipinski definition) is 3. The first-order valence-electron chi connectivity index (χ1n) is 4.63. The van der Waals surface area contributed by atoms with Crippen LogP contribution in [0.5, 0.6) is 0 Å². The van der Waals surface area contributed by atoms with Gasteiger partial charge < -0.3 is 4.48 Å². The van der Waals surface area contributed by atoms with E-state index in [0.717, 1.165) is 17.4 Å². The van der Waals surface area contributed by atoms with Crippen LogP contribution in [0.15, 0.2) is 12.2 Å². The van der Waals surface area contributed by atoms with Crippen molar-refractivity contribution in [2.45, 2.75) is 13.3 Å². The van der Waals surface area contributed by atoms with E-state index in [9.17, 15) is 4.79 Å². The third-order valence-electron chi connectivity index (χ3n) is 1.54. The van der Waals surface area contributed by atoms with Gasteiger partial charge in [-0.1, -0.05) is 6.58 Å². The summed E-state index contributed by atoms with van der Waals surface area (Å²) < 4.78 is 0.873. The van der Waals surface area contributed by atoms with Gasteiger partial charge in [-0.05, 0) is 6.92 Å². The van der Waals surface area contributed by atoms with Crippen LogP contribution in [-0.4, -0.2) is 44.7 Å². The molecule has 0 aliphatic rings. The quantitative estimate of drug-likeness (QED) is 0.213. The van der Waals surface area contributed by atoms with Gasteiger partial charge in [0.2, 0.25) is 0 Å². The van der Waals surface area contributed by atoms with E-state index in [-0.39, 0.29) is 0 Å². The summed E-state index contributed by atoms with van der Waals surface area (Å²) in [5, 5.41) is 0. The van der Waals surface area contributed by atoms with Gasteiger partial charge in [-0.25, -0.2) is 4.79 Å². The first kappa shape index (κ1) is 13.1. The number of rotatable bonds is 6. The molecule has 82 valence electrons. The van der Waals surface area contributed by atoms with Crippen molar-refractivity contribution < 1.29 is 19.1 Å². The predicted octanol–water partition coefficient (Wildman–Crippen LogP) is 1.13. The molecule has 0 radical (unpaired) electrons. The van der Waals surface area contributed by atoms with Crippen LogP contribution in [0.3, 0.4) is 0 Å². The first-order chi connectivity index (χ1) is 6.33. The Morgan fingerprint density at radius 3 is 2.36 bits per heavy atom. The van der Waals surface area contributed by atoms with Gasteiger partial charge in [-0.3, -0.25) is 4.89 Å². The number of carbonyl (C=O) groups excluding carboxylic acids is 1. The number of nitrogens with zero attached hydrogens (tertiary/aromatic N) is 1. The van der Waals surface area contributed by atoms with Crippen LogP contribution in [0.4, 0.5) is 0 Å². The normalized spacial score (nSPS) is 11.1. The number of quaternary nitrogens is 1. The van der Waals surface area contributed by atoms with Gasteiger partial charge in [0.15, 0.2) is 0 Å². The minimum Gasteiger partial charge on any atom is -0.331 e. The van der Waals surface area contributed by atoms with Crippen molar-refractivity contribution in [3.8, 4) is 0 Å². The summed E-state index contributed by atoms with van der Waals surface area (Å²) in [5.41, 5.74) is 0.344. The average molecular weight is 202 g/mol. The minimum atomic E-state index is -0.504. The van der Waals surface area contributed by atoms with E-state index >= 15 is 0 Å². The average Bonchev–Trinajstić information content (AvgIpc) is 2.01. The van der Waals surface area contributed by atoms with Crippen LogP contribution in [0.2, 0.25) is 0 Å². The Hall–Kier alpha value is -0.870. The third kappa shape index (κ3) is 7.76. The zero-order valence-electron chi connectivity index (χ0n) is 9.50. The lowest BCUT2D eigenvalue weighted by Gasteiger charge is -2.23. The lowest BCUT2D eigenvalue weighted by molar-refractivity contribution is -0.870. The lowest BCUT2D eigenvalue weighted by atomic mass is 10.4. The van der Waals surface area contributed by atoms with Gasteiger partial charge in [-0.15, -0.1) is 0 Å². The molecule has 0 aliphatic carbocycles. The molecule has 0 heterocycles. The summed E-state index contributed by atoms with van der Waals surface area (Å²) >= 11 is 0. The Bertz CT molecular complexity index is 206. The minimum absolute atomic E-state index is 0.344. The van der Waals surface area contributed by atoms with E-state index in [2.05, 4.69) is 32.6 Å². The molecule has 4 heteroatoms. The molecule has 14 heavy (non-hydrogen) atoms. The molecule has 0 unspecified atom stereocenters. The maximum atomic E-state index is 10.9. The summed E-state index contributed by atoms with van der Waals surface area (Å²) in [6.45, 7) is 6.42. The summed E-state index contributed by atoms with van der Waals surface area (Å²) in [6, 6.07) is 0. The topological polar surface area (TPSA) is 35.5 Å². The fourth-order valence-electron chi connectivity index (χ4n) is 0.764. The molecular formula is C10H20NO3+. The van der Waals surface area contributed by atoms with Crippen LogP contribution < -0.4 is 0 Å². The maximum absolute atomic E-state index is 10.9. The van der Waals surface area contributed by atoms with Crippen molar-refractivity contribution in [1.82, 2.24) is 0 Å². The smallest absolute Gasteiger partial charge is 0.331 e. The fraction of sp³-hybridized carbons (Fsp3) is 0.700. The largest absolute Gasteiger partial charge is 0.368 e. The lowest BCUT2D eigenvalue weighted by Crippen LogP contribution is -2.35. The van der Waals surface area contributed by atoms with Crippen LogP contribution in [0.1, 0.15) is 13.3 Å². The molecule has 0 aliphatic heterocycles. The molecule has 0 aromatic heterocycles. The fourth-order valence-corrected chi connectivity index (χ4v) is 0.764. The van der Waals surface area contributed by atoms with Gasteiger partial charge in [0.1, 0.15) is 0 Å². The zero-order chi connectivity index (χ0) is 11.2. The number of carbonyl (C=O) groups is 1. The highest BCUT2D eigenvalue weighted by Crippen LogP contribution is 1.96. The molecule has 0 aromatic rings. The van der Waals surface area contributed by atoms with E-state index in [1.807, 2.05) is 0 Å². The first-order valence-corrected chi connectivity index (χ1v) is 4.63. The van der Waals surface area contributed by atoms with E-state index in [4.69, 9.17) is 4.89 Å². The van der Waals surface area contributed by atoms with Crippen LogP contribution in [0.25, 0.3) is 0 Å². The van der Waals surface area contributed by atoms with Crippen LogP contribution in [0, 0.1) is 0 Å². The maximum Gasteiger partial charge on any atom is 0.368 e. The molecule has 0 bridgehead atoms. The van der Waals surface area contributed by atoms with Gasteiger partial charge in [-0.2, -0.15) is 4.89 Å². The summed E-state index contributed by atoms with van der Waals surface area (Å²) in [5.74, 6) is -0.504. The molecule has 0 amide bonds. The summed E-state index contributed by atoms with van der Waals surface area (Å²) in [7, 11) is 6.29. The van der Waals surface area contributed by atoms with Gasteiger partial charge >= 0.3 is 5.97 Å². The summed E-state index contributed by atoms with van der Waals surface area (Å²) in [6.07, 6.45) is 0.854. The second-order valence-corrected chi connectivity index (χ2v) is 4.34. The van der Waals surface area contributed by atoms with Gasteiger partial charge in [0.25, 0.3) is 0 Å². The zero-order valence-corrected chi connectivity index (χ0v) is 9.50. The highest BCUT2D eigenvalue weighted by molar-refractivity contribution is 5.86. The molecule has 0 rings (SSSR count). The molecule has 0 atom stereocenters. The molecule has 0 spiro atoms. The molecule has 0 saturated heterocycles. The molecule has 0 fully saturated rings. The van der Waals surface area contributed by atoms with Crippen molar-refractivity contribution >= 4 is 5.97 Å². The Morgan fingerprint density at radius 1 is 1.36 bits per heavy atom. The van der Waals surface area contributed by atoms with Gasteiger partial charge in [0, 0.05) is 12.0 Å². The predicted molar refractivity (Wildman–Crippen MR) is 54.4 cm³/mol. The van der Waals surface area contributed by atoms with E-state index in [1.54, 1.807) is 6.92 Å². The molecule has 4 nitrogen and oxygen atoms in total. The van der Waals surface area contributed by atoms with E-state index in [1.165, 1.54) is 0 Å². The molecule has 0 aromatic carbocycles. The van der Waals surface area contributed by atoms with Crippen molar-refractivity contribution in [2.24, 2.45) is 0 Å². The monoisotopic (exact) mass is 202 g/mol. The van der Waals surface area contributed by atoms with Crippen LogP contribution >= 0.6 is 0 Å². The van der Waals surface area contributed by atoms with Crippen molar-refractivity contribution in [2.75, 3.05) is 34.3 Å². The second-order valence-electron chi connectivity index (χ2n) is 4.34. The Balaban J connectivity index is 3.39. The summed E-state index contributed by atoms with van der Waals surface area (Å²) in [4.78, 5) is 20.1. The Kier molecular flexibility index (Phi) is 5.42.